The van der Waals surface area contributed by atoms with Crippen LogP contribution in [0.2, 0.25) is 0 Å². The molecule has 0 bridgehead atoms. The van der Waals surface area contributed by atoms with Gasteiger partial charge < -0.3 is 9.64 Å². The number of aromatic nitrogens is 1. The number of hydrogen-bond acceptors (Lipinski definition) is 4. The standard InChI is InChI=1S/C11H10F3N3O/c12-11(13,14)9-7-17(3-4-18-9)10-5-8(6-15)1-2-16-10/h1-2,5,9H,3-4,7H2. The van der Waals surface area contributed by atoms with Crippen molar-refractivity contribution in [2.45, 2.75) is 12.3 Å². The molecular formula is C11H10F3N3O. The van der Waals surface area contributed by atoms with Gasteiger partial charge in [0.25, 0.3) is 0 Å². The summed E-state index contributed by atoms with van der Waals surface area (Å²) >= 11 is 0. The van der Waals surface area contributed by atoms with Gasteiger partial charge in [-0.3, -0.25) is 0 Å². The van der Waals surface area contributed by atoms with Gasteiger partial charge in [0.2, 0.25) is 0 Å². The van der Waals surface area contributed by atoms with Gasteiger partial charge >= 0.3 is 6.18 Å². The van der Waals surface area contributed by atoms with Crippen molar-refractivity contribution in [1.29, 1.82) is 5.26 Å². The van der Waals surface area contributed by atoms with E-state index in [1.54, 1.807) is 0 Å². The van der Waals surface area contributed by atoms with Crippen molar-refractivity contribution in [3.8, 4) is 6.07 Å². The van der Waals surface area contributed by atoms with Gasteiger partial charge in [0.15, 0.2) is 6.10 Å². The molecule has 7 heteroatoms. The third kappa shape index (κ3) is 2.71. The quantitative estimate of drug-likeness (QED) is 0.768. The molecule has 0 amide bonds. The predicted octanol–water partition coefficient (Wildman–Crippen LogP) is 1.72. The van der Waals surface area contributed by atoms with E-state index in [1.165, 1.54) is 23.2 Å². The minimum atomic E-state index is -4.38. The minimum absolute atomic E-state index is 0.0113. The van der Waals surface area contributed by atoms with E-state index in [-0.39, 0.29) is 13.2 Å². The van der Waals surface area contributed by atoms with Crippen LogP contribution in [0.3, 0.4) is 0 Å². The van der Waals surface area contributed by atoms with E-state index in [1.807, 2.05) is 6.07 Å². The molecular weight excluding hydrogens is 247 g/mol. The zero-order valence-electron chi connectivity index (χ0n) is 9.31. The molecule has 4 nitrogen and oxygen atoms in total. The lowest BCUT2D eigenvalue weighted by Crippen LogP contribution is -2.49. The minimum Gasteiger partial charge on any atom is -0.365 e. The van der Waals surface area contributed by atoms with Crippen LogP contribution in [0.4, 0.5) is 19.0 Å². The van der Waals surface area contributed by atoms with E-state index in [4.69, 9.17) is 10.00 Å². The van der Waals surface area contributed by atoms with Gasteiger partial charge in [-0.25, -0.2) is 4.98 Å². The maximum absolute atomic E-state index is 12.6. The van der Waals surface area contributed by atoms with Crippen molar-refractivity contribution >= 4 is 5.82 Å². The number of hydrogen-bond donors (Lipinski definition) is 0. The Morgan fingerprint density at radius 1 is 1.50 bits per heavy atom. The number of nitrogens with zero attached hydrogens (tertiary/aromatic N) is 3. The van der Waals surface area contributed by atoms with Crippen LogP contribution in [0.25, 0.3) is 0 Å². The number of alkyl halides is 3. The zero-order chi connectivity index (χ0) is 13.2. The summed E-state index contributed by atoms with van der Waals surface area (Å²) in [4.78, 5) is 5.45. The lowest BCUT2D eigenvalue weighted by molar-refractivity contribution is -0.221. The topological polar surface area (TPSA) is 49.2 Å². The van der Waals surface area contributed by atoms with Crippen LogP contribution in [0.1, 0.15) is 5.56 Å². The molecule has 96 valence electrons. The Balaban J connectivity index is 2.16. The van der Waals surface area contributed by atoms with Gasteiger partial charge in [-0.05, 0) is 12.1 Å². The number of nitriles is 1. The normalized spacial score (nSPS) is 20.6. The van der Waals surface area contributed by atoms with Gasteiger partial charge in [0.1, 0.15) is 5.82 Å². The summed E-state index contributed by atoms with van der Waals surface area (Å²) in [6.07, 6.45) is -4.78. The highest BCUT2D eigenvalue weighted by atomic mass is 19.4. The van der Waals surface area contributed by atoms with Gasteiger partial charge in [0.05, 0.1) is 24.8 Å². The first-order chi connectivity index (χ1) is 8.50. The highest BCUT2D eigenvalue weighted by molar-refractivity contribution is 5.45. The number of rotatable bonds is 1. The highest BCUT2D eigenvalue weighted by Gasteiger charge is 2.43. The Morgan fingerprint density at radius 3 is 2.94 bits per heavy atom. The fraction of sp³-hybridized carbons (Fsp3) is 0.455. The first-order valence-electron chi connectivity index (χ1n) is 5.30. The summed E-state index contributed by atoms with van der Waals surface area (Å²) in [5, 5.41) is 8.74. The highest BCUT2D eigenvalue weighted by Crippen LogP contribution is 2.27. The van der Waals surface area contributed by atoms with Crippen LogP contribution in [0, 0.1) is 11.3 Å². The largest absolute Gasteiger partial charge is 0.416 e. The van der Waals surface area contributed by atoms with Crippen LogP contribution in [-0.4, -0.2) is 37.0 Å². The molecule has 0 saturated carbocycles. The Labute approximate surface area is 102 Å². The van der Waals surface area contributed by atoms with E-state index in [9.17, 15) is 13.2 Å². The molecule has 1 aromatic heterocycles. The molecule has 0 radical (unpaired) electrons. The second kappa shape index (κ2) is 4.82. The first-order valence-corrected chi connectivity index (χ1v) is 5.30. The molecule has 1 saturated heterocycles. The van der Waals surface area contributed by atoms with E-state index in [2.05, 4.69) is 4.98 Å². The molecule has 1 aliphatic rings. The van der Waals surface area contributed by atoms with E-state index in [0.717, 1.165) is 0 Å². The van der Waals surface area contributed by atoms with E-state index < -0.39 is 12.3 Å². The monoisotopic (exact) mass is 257 g/mol. The van der Waals surface area contributed by atoms with Crippen molar-refractivity contribution in [3.63, 3.8) is 0 Å². The molecule has 1 fully saturated rings. The zero-order valence-corrected chi connectivity index (χ0v) is 9.31. The second-order valence-corrected chi connectivity index (χ2v) is 3.86. The summed E-state index contributed by atoms with van der Waals surface area (Å²) < 4.78 is 42.3. The van der Waals surface area contributed by atoms with Crippen LogP contribution in [0.5, 0.6) is 0 Å². The summed E-state index contributed by atoms with van der Waals surface area (Å²) in [6, 6.07) is 4.90. The molecule has 2 rings (SSSR count). The fourth-order valence-corrected chi connectivity index (χ4v) is 1.72. The molecule has 1 atom stereocenters. The average molecular weight is 257 g/mol. The number of ether oxygens (including phenoxy) is 1. The van der Waals surface area contributed by atoms with Crippen molar-refractivity contribution in [3.05, 3.63) is 23.9 Å². The van der Waals surface area contributed by atoms with Gasteiger partial charge in [-0.15, -0.1) is 0 Å². The lowest BCUT2D eigenvalue weighted by atomic mass is 10.2. The Kier molecular flexibility index (Phi) is 3.39. The van der Waals surface area contributed by atoms with Crippen LogP contribution in [-0.2, 0) is 4.74 Å². The lowest BCUT2D eigenvalue weighted by Gasteiger charge is -2.34. The Bertz CT molecular complexity index is 469. The van der Waals surface area contributed by atoms with Gasteiger partial charge in [-0.1, -0.05) is 0 Å². The first kappa shape index (κ1) is 12.6. The van der Waals surface area contributed by atoms with Gasteiger partial charge in [0, 0.05) is 12.7 Å². The van der Waals surface area contributed by atoms with E-state index >= 15 is 0 Å². The van der Waals surface area contributed by atoms with Crippen molar-refractivity contribution in [1.82, 2.24) is 4.98 Å². The Hall–Kier alpha value is -1.81. The third-order valence-corrected chi connectivity index (χ3v) is 2.63. The van der Waals surface area contributed by atoms with Crippen LogP contribution >= 0.6 is 0 Å². The fourth-order valence-electron chi connectivity index (χ4n) is 1.72. The molecule has 2 heterocycles. The molecule has 0 aliphatic carbocycles. The van der Waals surface area contributed by atoms with E-state index in [0.29, 0.717) is 17.9 Å². The van der Waals surface area contributed by atoms with Crippen molar-refractivity contribution < 1.29 is 17.9 Å². The molecule has 18 heavy (non-hydrogen) atoms. The second-order valence-electron chi connectivity index (χ2n) is 3.86. The third-order valence-electron chi connectivity index (χ3n) is 2.63. The Morgan fingerprint density at radius 2 is 2.28 bits per heavy atom. The molecule has 1 unspecified atom stereocenters. The molecule has 1 aliphatic heterocycles. The molecule has 1 aromatic rings. The summed E-state index contributed by atoms with van der Waals surface area (Å²) in [5.41, 5.74) is 0.370. The smallest absolute Gasteiger partial charge is 0.365 e. The molecule has 0 N–H and O–H groups in total. The van der Waals surface area contributed by atoms with Crippen LogP contribution < -0.4 is 4.90 Å². The van der Waals surface area contributed by atoms with Crippen molar-refractivity contribution in [2.75, 3.05) is 24.6 Å². The van der Waals surface area contributed by atoms with Crippen LogP contribution in [0.15, 0.2) is 18.3 Å². The summed E-state index contributed by atoms with van der Waals surface area (Å²) in [7, 11) is 0. The molecule has 0 spiro atoms. The van der Waals surface area contributed by atoms with Gasteiger partial charge in [-0.2, -0.15) is 18.4 Å². The van der Waals surface area contributed by atoms with Crippen molar-refractivity contribution in [2.24, 2.45) is 0 Å². The maximum atomic E-state index is 12.6. The number of morpholine rings is 1. The predicted molar refractivity (Wildman–Crippen MR) is 57.0 cm³/mol. The molecule has 0 aromatic carbocycles. The SMILES string of the molecule is N#Cc1ccnc(N2CCOC(C(F)(F)F)C2)c1. The summed E-state index contributed by atoms with van der Waals surface area (Å²) in [5.74, 6) is 0.367. The summed E-state index contributed by atoms with van der Waals surface area (Å²) in [6.45, 7) is 0.0164. The number of pyridine rings is 1. The number of halogens is 3. The average Bonchev–Trinajstić information content (AvgIpc) is 2.38. The number of anilines is 1. The maximum Gasteiger partial charge on any atom is 0.416 e.